The van der Waals surface area contributed by atoms with E-state index in [2.05, 4.69) is 17.1 Å². The van der Waals surface area contributed by atoms with Gasteiger partial charge in [0.2, 0.25) is 0 Å². The summed E-state index contributed by atoms with van der Waals surface area (Å²) in [6, 6.07) is 0. The first-order valence-electron chi connectivity index (χ1n) is 4.11. The average molecular weight is 198 g/mol. The Morgan fingerprint density at radius 3 is 3.00 bits per heavy atom. The molecule has 13 heavy (non-hydrogen) atoms. The fraction of sp³-hybridized carbons (Fsp3) is 0.625. The summed E-state index contributed by atoms with van der Waals surface area (Å²) in [5.74, 6) is 0. The van der Waals surface area contributed by atoms with Crippen molar-refractivity contribution >= 4 is 17.6 Å². The third kappa shape index (κ3) is 1.49. The van der Waals surface area contributed by atoms with Crippen molar-refractivity contribution in [3.8, 4) is 0 Å². The van der Waals surface area contributed by atoms with Crippen LogP contribution in [0.3, 0.4) is 0 Å². The third-order valence-electron chi connectivity index (χ3n) is 2.28. The molecule has 1 aliphatic rings. The molecule has 1 atom stereocenters. The summed E-state index contributed by atoms with van der Waals surface area (Å²) in [6.07, 6.45) is 1.70. The van der Waals surface area contributed by atoms with Gasteiger partial charge in [-0.05, 0) is 6.42 Å². The lowest BCUT2D eigenvalue weighted by Crippen LogP contribution is -2.21. The largest absolute Gasteiger partial charge is 0.380 e. The van der Waals surface area contributed by atoms with Gasteiger partial charge < -0.3 is 4.74 Å². The second-order valence-corrected chi connectivity index (χ2v) is 4.44. The number of ether oxygens (including phenoxy) is 1. The molecule has 0 aromatic carbocycles. The molecule has 0 spiro atoms. The molecule has 1 aromatic heterocycles. The molecule has 5 heteroatoms. The minimum atomic E-state index is -0.0288. The van der Waals surface area contributed by atoms with Crippen LogP contribution in [0.2, 0.25) is 0 Å². The van der Waals surface area contributed by atoms with E-state index in [0.717, 1.165) is 24.3 Å². The SMILES string of the molecule is CC1(c2nnc(C=O)s2)CCOC1. The summed E-state index contributed by atoms with van der Waals surface area (Å²) in [5.41, 5.74) is -0.0288. The van der Waals surface area contributed by atoms with Gasteiger partial charge in [-0.25, -0.2) is 0 Å². The molecule has 0 bridgehead atoms. The van der Waals surface area contributed by atoms with Crippen LogP contribution >= 0.6 is 11.3 Å². The lowest BCUT2D eigenvalue weighted by Gasteiger charge is -2.16. The van der Waals surface area contributed by atoms with Gasteiger partial charge >= 0.3 is 0 Å². The molecule has 70 valence electrons. The van der Waals surface area contributed by atoms with Crippen molar-refractivity contribution in [3.05, 3.63) is 10.0 Å². The molecule has 4 nitrogen and oxygen atoms in total. The Morgan fingerprint density at radius 2 is 2.46 bits per heavy atom. The minimum absolute atomic E-state index is 0.0288. The second kappa shape index (κ2) is 3.16. The highest BCUT2D eigenvalue weighted by molar-refractivity contribution is 7.13. The van der Waals surface area contributed by atoms with E-state index >= 15 is 0 Å². The summed E-state index contributed by atoms with van der Waals surface area (Å²) in [6.45, 7) is 3.54. The maximum atomic E-state index is 10.4. The van der Waals surface area contributed by atoms with Gasteiger partial charge in [-0.2, -0.15) is 0 Å². The highest BCUT2D eigenvalue weighted by atomic mass is 32.1. The summed E-state index contributed by atoms with van der Waals surface area (Å²) < 4.78 is 5.31. The van der Waals surface area contributed by atoms with Gasteiger partial charge in [0.25, 0.3) is 0 Å². The van der Waals surface area contributed by atoms with Crippen LogP contribution < -0.4 is 0 Å². The molecule has 0 aliphatic carbocycles. The van der Waals surface area contributed by atoms with E-state index in [4.69, 9.17) is 4.74 Å². The van der Waals surface area contributed by atoms with Crippen molar-refractivity contribution in [3.63, 3.8) is 0 Å². The molecular weight excluding hydrogens is 188 g/mol. The monoisotopic (exact) mass is 198 g/mol. The highest BCUT2D eigenvalue weighted by Crippen LogP contribution is 2.33. The van der Waals surface area contributed by atoms with Crippen LogP contribution in [0.5, 0.6) is 0 Å². The predicted molar refractivity (Wildman–Crippen MR) is 48.1 cm³/mol. The van der Waals surface area contributed by atoms with Crippen LogP contribution in [0.4, 0.5) is 0 Å². The molecule has 1 saturated heterocycles. The van der Waals surface area contributed by atoms with Gasteiger partial charge in [0.05, 0.1) is 6.61 Å². The fourth-order valence-electron chi connectivity index (χ4n) is 1.36. The molecule has 1 unspecified atom stereocenters. The van der Waals surface area contributed by atoms with Crippen LogP contribution in [0.15, 0.2) is 0 Å². The highest BCUT2D eigenvalue weighted by Gasteiger charge is 2.35. The molecule has 0 radical (unpaired) electrons. The normalized spacial score (nSPS) is 27.8. The van der Waals surface area contributed by atoms with Crippen molar-refractivity contribution in [1.29, 1.82) is 0 Å². The lowest BCUT2D eigenvalue weighted by atomic mass is 9.91. The van der Waals surface area contributed by atoms with Crippen molar-refractivity contribution in [2.24, 2.45) is 0 Å². The topological polar surface area (TPSA) is 52.1 Å². The van der Waals surface area contributed by atoms with Gasteiger partial charge in [-0.1, -0.05) is 18.3 Å². The summed E-state index contributed by atoms with van der Waals surface area (Å²) in [5, 5.41) is 9.12. The minimum Gasteiger partial charge on any atom is -0.380 e. The molecule has 1 aromatic rings. The van der Waals surface area contributed by atoms with Gasteiger partial charge in [-0.15, -0.1) is 10.2 Å². The van der Waals surface area contributed by atoms with Crippen molar-refractivity contribution in [1.82, 2.24) is 10.2 Å². The third-order valence-corrected chi connectivity index (χ3v) is 3.43. The van der Waals surface area contributed by atoms with E-state index in [0.29, 0.717) is 11.6 Å². The summed E-state index contributed by atoms with van der Waals surface area (Å²) in [4.78, 5) is 10.4. The molecule has 2 heterocycles. The zero-order valence-electron chi connectivity index (χ0n) is 7.32. The maximum absolute atomic E-state index is 10.4. The van der Waals surface area contributed by atoms with Crippen LogP contribution in [0, 0.1) is 0 Å². The number of carbonyl (C=O) groups excluding carboxylic acids is 1. The Balaban J connectivity index is 2.28. The molecule has 2 rings (SSSR count). The van der Waals surface area contributed by atoms with Crippen molar-refractivity contribution in [2.45, 2.75) is 18.8 Å². The summed E-state index contributed by atoms with van der Waals surface area (Å²) >= 11 is 1.36. The number of hydrogen-bond donors (Lipinski definition) is 0. The Labute approximate surface area is 79.9 Å². The summed E-state index contributed by atoms with van der Waals surface area (Å²) in [7, 11) is 0. The molecule has 0 amide bonds. The quantitative estimate of drug-likeness (QED) is 0.666. The number of aromatic nitrogens is 2. The first-order chi connectivity index (χ1) is 6.24. The van der Waals surface area contributed by atoms with Crippen molar-refractivity contribution < 1.29 is 9.53 Å². The van der Waals surface area contributed by atoms with Crippen LogP contribution in [-0.2, 0) is 10.2 Å². The number of rotatable bonds is 2. The van der Waals surface area contributed by atoms with E-state index in [-0.39, 0.29) is 5.41 Å². The average Bonchev–Trinajstić information content (AvgIpc) is 2.72. The van der Waals surface area contributed by atoms with E-state index in [9.17, 15) is 4.79 Å². The number of aldehydes is 1. The van der Waals surface area contributed by atoms with E-state index in [1.807, 2.05) is 0 Å². The number of carbonyl (C=O) groups is 1. The second-order valence-electron chi connectivity index (χ2n) is 3.43. The Hall–Kier alpha value is -0.810. The predicted octanol–water partition coefficient (Wildman–Crippen LogP) is 1.03. The zero-order chi connectivity index (χ0) is 9.31. The molecule has 1 aliphatic heterocycles. The Kier molecular flexibility index (Phi) is 2.13. The van der Waals surface area contributed by atoms with Crippen LogP contribution in [0.1, 0.15) is 28.2 Å². The first kappa shape index (κ1) is 8.77. The van der Waals surface area contributed by atoms with Crippen LogP contribution in [0.25, 0.3) is 0 Å². The van der Waals surface area contributed by atoms with Gasteiger partial charge in [-0.3, -0.25) is 4.79 Å². The zero-order valence-corrected chi connectivity index (χ0v) is 8.13. The fourth-order valence-corrected chi connectivity index (χ4v) is 2.18. The van der Waals surface area contributed by atoms with E-state index < -0.39 is 0 Å². The first-order valence-corrected chi connectivity index (χ1v) is 4.93. The smallest absolute Gasteiger partial charge is 0.180 e. The molecular formula is C8H10N2O2S. The van der Waals surface area contributed by atoms with Gasteiger partial charge in [0.15, 0.2) is 11.3 Å². The molecule has 0 N–H and O–H groups in total. The van der Waals surface area contributed by atoms with Crippen molar-refractivity contribution in [2.75, 3.05) is 13.2 Å². The number of nitrogens with zero attached hydrogens (tertiary/aromatic N) is 2. The lowest BCUT2D eigenvalue weighted by molar-refractivity contribution is 0.112. The molecule has 0 saturated carbocycles. The molecule has 1 fully saturated rings. The van der Waals surface area contributed by atoms with Crippen LogP contribution in [-0.4, -0.2) is 29.7 Å². The van der Waals surface area contributed by atoms with E-state index in [1.54, 1.807) is 0 Å². The Bertz CT molecular complexity index is 318. The maximum Gasteiger partial charge on any atom is 0.180 e. The number of hydrogen-bond acceptors (Lipinski definition) is 5. The van der Waals surface area contributed by atoms with Gasteiger partial charge in [0, 0.05) is 12.0 Å². The van der Waals surface area contributed by atoms with Gasteiger partial charge in [0.1, 0.15) is 5.01 Å². The standard InChI is InChI=1S/C8H10N2O2S/c1-8(2-3-12-5-8)7-10-9-6(4-11)13-7/h4H,2-3,5H2,1H3. The Morgan fingerprint density at radius 1 is 1.62 bits per heavy atom. The van der Waals surface area contributed by atoms with E-state index in [1.165, 1.54) is 11.3 Å².